The SMILES string of the molecule is Cc1nc(NCCc2ncno2)ccc1[N+](=O)[O-]. The van der Waals surface area contributed by atoms with Crippen LogP contribution in [-0.4, -0.2) is 26.6 Å². The Bertz CT molecular complexity index is 540. The molecule has 8 nitrogen and oxygen atoms in total. The summed E-state index contributed by atoms with van der Waals surface area (Å²) < 4.78 is 4.83. The molecule has 0 saturated carbocycles. The minimum Gasteiger partial charge on any atom is -0.370 e. The molecule has 2 heterocycles. The van der Waals surface area contributed by atoms with Crippen LogP contribution in [-0.2, 0) is 6.42 Å². The molecule has 0 aliphatic heterocycles. The third-order valence-corrected chi connectivity index (χ3v) is 2.31. The zero-order chi connectivity index (χ0) is 13.0. The van der Waals surface area contributed by atoms with Crippen molar-refractivity contribution in [3.63, 3.8) is 0 Å². The van der Waals surface area contributed by atoms with Crippen LogP contribution in [0.4, 0.5) is 11.5 Å². The summed E-state index contributed by atoms with van der Waals surface area (Å²) in [6.45, 7) is 2.16. The van der Waals surface area contributed by atoms with E-state index >= 15 is 0 Å². The van der Waals surface area contributed by atoms with Gasteiger partial charge in [-0.3, -0.25) is 10.1 Å². The molecule has 18 heavy (non-hydrogen) atoms. The van der Waals surface area contributed by atoms with E-state index < -0.39 is 4.92 Å². The van der Waals surface area contributed by atoms with Crippen molar-refractivity contribution in [1.82, 2.24) is 15.1 Å². The maximum Gasteiger partial charge on any atom is 0.290 e. The number of aromatic nitrogens is 3. The summed E-state index contributed by atoms with van der Waals surface area (Å²) in [5.41, 5.74) is 0.389. The van der Waals surface area contributed by atoms with Gasteiger partial charge in [-0.1, -0.05) is 5.16 Å². The maximum absolute atomic E-state index is 10.6. The van der Waals surface area contributed by atoms with Crippen LogP contribution in [0, 0.1) is 17.0 Å². The number of pyridine rings is 1. The number of aryl methyl sites for hydroxylation is 1. The Kier molecular flexibility index (Phi) is 3.46. The van der Waals surface area contributed by atoms with Crippen LogP contribution in [0.3, 0.4) is 0 Å². The van der Waals surface area contributed by atoms with Gasteiger partial charge in [0.15, 0.2) is 6.33 Å². The number of nitrogens with one attached hydrogen (secondary N) is 1. The van der Waals surface area contributed by atoms with Crippen molar-refractivity contribution in [3.8, 4) is 0 Å². The van der Waals surface area contributed by atoms with Crippen LogP contribution in [0.15, 0.2) is 23.0 Å². The molecule has 2 rings (SSSR count). The first-order valence-corrected chi connectivity index (χ1v) is 5.28. The van der Waals surface area contributed by atoms with E-state index in [2.05, 4.69) is 20.4 Å². The Balaban J connectivity index is 1.94. The second-order valence-electron chi connectivity index (χ2n) is 3.57. The standard InChI is InChI=1S/C10H11N5O3/c1-7-8(15(16)17)2-3-9(14-7)11-5-4-10-12-6-13-18-10/h2-3,6H,4-5H2,1H3,(H,11,14). The molecule has 1 N–H and O–H groups in total. The van der Waals surface area contributed by atoms with Gasteiger partial charge in [-0.2, -0.15) is 4.98 Å². The molecule has 0 atom stereocenters. The average molecular weight is 249 g/mol. The predicted molar refractivity (Wildman–Crippen MR) is 62.1 cm³/mol. The first kappa shape index (κ1) is 12.0. The van der Waals surface area contributed by atoms with Gasteiger partial charge in [-0.05, 0) is 13.0 Å². The third-order valence-electron chi connectivity index (χ3n) is 2.31. The molecule has 0 fully saturated rings. The van der Waals surface area contributed by atoms with E-state index in [0.29, 0.717) is 30.4 Å². The van der Waals surface area contributed by atoms with Crippen LogP contribution in [0.25, 0.3) is 0 Å². The van der Waals surface area contributed by atoms with E-state index in [1.165, 1.54) is 12.4 Å². The molecule has 0 spiro atoms. The zero-order valence-corrected chi connectivity index (χ0v) is 9.66. The quantitative estimate of drug-likeness (QED) is 0.629. The maximum atomic E-state index is 10.6. The molecule has 0 aliphatic rings. The molecule has 2 aromatic heterocycles. The molecule has 0 saturated heterocycles. The highest BCUT2D eigenvalue weighted by atomic mass is 16.6. The first-order valence-electron chi connectivity index (χ1n) is 5.28. The van der Waals surface area contributed by atoms with E-state index in [9.17, 15) is 10.1 Å². The van der Waals surface area contributed by atoms with Gasteiger partial charge < -0.3 is 9.84 Å². The third kappa shape index (κ3) is 2.78. The summed E-state index contributed by atoms with van der Waals surface area (Å²) in [6.07, 6.45) is 1.90. The number of rotatable bonds is 5. The van der Waals surface area contributed by atoms with Crippen molar-refractivity contribution >= 4 is 11.5 Å². The van der Waals surface area contributed by atoms with Crippen molar-refractivity contribution in [1.29, 1.82) is 0 Å². The molecule has 0 unspecified atom stereocenters. The molecular weight excluding hydrogens is 238 g/mol. The Hall–Kier alpha value is -2.51. The summed E-state index contributed by atoms with van der Waals surface area (Å²) in [7, 11) is 0. The van der Waals surface area contributed by atoms with E-state index in [4.69, 9.17) is 4.52 Å². The molecule has 94 valence electrons. The fraction of sp³-hybridized carbons (Fsp3) is 0.300. The topological polar surface area (TPSA) is 107 Å². The summed E-state index contributed by atoms with van der Waals surface area (Å²) in [5, 5.41) is 17.1. The molecule has 0 amide bonds. The van der Waals surface area contributed by atoms with E-state index in [0.717, 1.165) is 0 Å². The van der Waals surface area contributed by atoms with Crippen LogP contribution in [0.2, 0.25) is 0 Å². The van der Waals surface area contributed by atoms with Gasteiger partial charge in [-0.15, -0.1) is 0 Å². The molecular formula is C10H11N5O3. The minimum atomic E-state index is -0.454. The van der Waals surface area contributed by atoms with E-state index in [1.54, 1.807) is 13.0 Å². The Morgan fingerprint density at radius 2 is 2.33 bits per heavy atom. The van der Waals surface area contributed by atoms with Crippen LogP contribution < -0.4 is 5.32 Å². The van der Waals surface area contributed by atoms with Crippen LogP contribution >= 0.6 is 0 Å². The Labute approximate surface area is 102 Å². The second-order valence-corrected chi connectivity index (χ2v) is 3.57. The lowest BCUT2D eigenvalue weighted by Gasteiger charge is -2.04. The highest BCUT2D eigenvalue weighted by molar-refractivity contribution is 5.44. The Morgan fingerprint density at radius 3 is 2.94 bits per heavy atom. The first-order chi connectivity index (χ1) is 8.66. The zero-order valence-electron chi connectivity index (χ0n) is 9.66. The van der Waals surface area contributed by atoms with E-state index in [-0.39, 0.29) is 5.69 Å². The lowest BCUT2D eigenvalue weighted by Crippen LogP contribution is -2.07. The lowest BCUT2D eigenvalue weighted by atomic mass is 10.3. The Morgan fingerprint density at radius 1 is 1.50 bits per heavy atom. The van der Waals surface area contributed by atoms with Gasteiger partial charge in [0, 0.05) is 19.0 Å². The fourth-order valence-electron chi connectivity index (χ4n) is 1.45. The monoisotopic (exact) mass is 249 g/mol. The molecule has 0 radical (unpaired) electrons. The van der Waals surface area contributed by atoms with Gasteiger partial charge in [0.2, 0.25) is 5.89 Å². The van der Waals surface area contributed by atoms with Crippen molar-refractivity contribution in [2.45, 2.75) is 13.3 Å². The van der Waals surface area contributed by atoms with Crippen molar-refractivity contribution in [2.75, 3.05) is 11.9 Å². The lowest BCUT2D eigenvalue weighted by molar-refractivity contribution is -0.385. The van der Waals surface area contributed by atoms with Crippen LogP contribution in [0.5, 0.6) is 0 Å². The van der Waals surface area contributed by atoms with Gasteiger partial charge in [0.1, 0.15) is 11.5 Å². The van der Waals surface area contributed by atoms with Crippen molar-refractivity contribution in [2.24, 2.45) is 0 Å². The number of nitrogens with zero attached hydrogens (tertiary/aromatic N) is 4. The van der Waals surface area contributed by atoms with E-state index in [1.807, 2.05) is 0 Å². The number of anilines is 1. The average Bonchev–Trinajstić information content (AvgIpc) is 2.81. The van der Waals surface area contributed by atoms with Gasteiger partial charge >= 0.3 is 0 Å². The molecule has 0 aliphatic carbocycles. The largest absolute Gasteiger partial charge is 0.370 e. The molecule has 0 aromatic carbocycles. The summed E-state index contributed by atoms with van der Waals surface area (Å²) in [4.78, 5) is 18.1. The van der Waals surface area contributed by atoms with Gasteiger partial charge in [0.25, 0.3) is 5.69 Å². The molecule has 0 bridgehead atoms. The smallest absolute Gasteiger partial charge is 0.290 e. The van der Waals surface area contributed by atoms with Crippen LogP contribution in [0.1, 0.15) is 11.6 Å². The number of hydrogen-bond donors (Lipinski definition) is 1. The highest BCUT2D eigenvalue weighted by Gasteiger charge is 2.11. The summed E-state index contributed by atoms with van der Waals surface area (Å²) in [6, 6.07) is 3.00. The van der Waals surface area contributed by atoms with Crippen molar-refractivity contribution < 1.29 is 9.45 Å². The summed E-state index contributed by atoms with van der Waals surface area (Å²) >= 11 is 0. The molecule has 8 heteroatoms. The number of nitro groups is 1. The van der Waals surface area contributed by atoms with Gasteiger partial charge in [0.05, 0.1) is 4.92 Å². The van der Waals surface area contributed by atoms with Crippen molar-refractivity contribution in [3.05, 3.63) is 40.2 Å². The molecule has 2 aromatic rings. The number of hydrogen-bond acceptors (Lipinski definition) is 7. The normalized spacial score (nSPS) is 10.3. The predicted octanol–water partition coefficient (Wildman–Crippen LogP) is 1.34. The fourth-order valence-corrected chi connectivity index (χ4v) is 1.45. The van der Waals surface area contributed by atoms with Gasteiger partial charge in [-0.25, -0.2) is 4.98 Å². The second kappa shape index (κ2) is 5.21. The highest BCUT2D eigenvalue weighted by Crippen LogP contribution is 2.17. The summed E-state index contributed by atoms with van der Waals surface area (Å²) in [5.74, 6) is 1.11. The minimum absolute atomic E-state index is 0.0115.